The summed E-state index contributed by atoms with van der Waals surface area (Å²) in [6.07, 6.45) is 13.6. The fourth-order valence-electron chi connectivity index (χ4n) is 7.99. The lowest BCUT2D eigenvalue weighted by molar-refractivity contribution is 0.594. The van der Waals surface area contributed by atoms with E-state index in [1.165, 1.54) is 12.1 Å². The smallest absolute Gasteiger partial charge is 0.123 e. The first-order valence-electron chi connectivity index (χ1n) is 18.1. The number of fused-ring (bicyclic) bond motifs is 2. The van der Waals surface area contributed by atoms with Gasteiger partial charge in [-0.15, -0.1) is 11.3 Å². The molecule has 10 rings (SSSR count). The highest BCUT2D eigenvalue weighted by atomic mass is 32.1. The summed E-state index contributed by atoms with van der Waals surface area (Å²) in [5.41, 5.74) is 10.5. The van der Waals surface area contributed by atoms with Gasteiger partial charge in [-0.1, -0.05) is 115 Å². The van der Waals surface area contributed by atoms with Gasteiger partial charge in [-0.05, 0) is 70.1 Å². The Labute approximate surface area is 321 Å². The number of pyridine rings is 1. The van der Waals surface area contributed by atoms with E-state index >= 15 is 0 Å². The summed E-state index contributed by atoms with van der Waals surface area (Å²) in [6, 6.07) is 42.3. The minimum atomic E-state index is -0.446. The zero-order chi connectivity index (χ0) is 37.2. The summed E-state index contributed by atoms with van der Waals surface area (Å²) in [6.45, 7) is 0. The van der Waals surface area contributed by atoms with Crippen molar-refractivity contribution in [1.29, 1.82) is 0 Å². The number of rotatable bonds is 6. The van der Waals surface area contributed by atoms with Crippen molar-refractivity contribution < 1.29 is 8.78 Å². The Balaban J connectivity index is 0.000000144. The number of nitrogens with zero attached hydrogens (tertiary/aromatic N) is 3. The number of hydrogen-bond donors (Lipinski definition) is 2. The average Bonchev–Trinajstić information content (AvgIpc) is 4.02. The number of aromatic nitrogens is 5. The van der Waals surface area contributed by atoms with Gasteiger partial charge in [0.05, 0.1) is 10.6 Å². The highest BCUT2D eigenvalue weighted by Gasteiger charge is 2.38. The van der Waals surface area contributed by atoms with Gasteiger partial charge < -0.3 is 0 Å². The topological polar surface area (TPSA) is 70.2 Å². The molecule has 2 aliphatic carbocycles. The molecule has 0 spiro atoms. The molecule has 2 N–H and O–H groups in total. The van der Waals surface area contributed by atoms with E-state index in [0.717, 1.165) is 66.6 Å². The number of aromatic amines is 2. The first-order chi connectivity index (χ1) is 27.0. The highest BCUT2D eigenvalue weighted by Crippen LogP contribution is 2.45. The first-order valence-corrected chi connectivity index (χ1v) is 19.0. The van der Waals surface area contributed by atoms with Crippen molar-refractivity contribution in [2.24, 2.45) is 0 Å². The predicted molar refractivity (Wildman–Crippen MR) is 216 cm³/mol. The molecule has 4 aromatic carbocycles. The molecule has 0 bridgehead atoms. The van der Waals surface area contributed by atoms with Gasteiger partial charge in [0.1, 0.15) is 17.3 Å². The second-order valence-corrected chi connectivity index (χ2v) is 14.8. The summed E-state index contributed by atoms with van der Waals surface area (Å²) >= 11 is 1.68. The lowest BCUT2D eigenvalue weighted by Crippen LogP contribution is -2.30. The number of hydrogen-bond acceptors (Lipinski definition) is 4. The lowest BCUT2D eigenvalue weighted by Gasteiger charge is -2.34. The summed E-state index contributed by atoms with van der Waals surface area (Å²) in [5, 5.41) is 17.6. The zero-order valence-corrected chi connectivity index (χ0v) is 30.5. The normalized spacial score (nSPS) is 18.2. The Morgan fingerprint density at radius 1 is 0.527 bits per heavy atom. The third-order valence-electron chi connectivity index (χ3n) is 10.7. The van der Waals surface area contributed by atoms with Crippen molar-refractivity contribution in [2.45, 2.75) is 23.7 Å². The van der Waals surface area contributed by atoms with E-state index in [9.17, 15) is 8.78 Å². The Bertz CT molecular complexity index is 2630. The van der Waals surface area contributed by atoms with E-state index in [1.54, 1.807) is 48.0 Å². The Morgan fingerprint density at radius 2 is 1.04 bits per heavy atom. The van der Waals surface area contributed by atoms with Gasteiger partial charge in [-0.25, -0.2) is 8.78 Å². The maximum Gasteiger partial charge on any atom is 0.123 e. The van der Waals surface area contributed by atoms with Crippen molar-refractivity contribution >= 4 is 23.5 Å². The molecule has 0 saturated carbocycles. The second kappa shape index (κ2) is 14.4. The summed E-state index contributed by atoms with van der Waals surface area (Å²) in [5.74, 6) is -0.444. The van der Waals surface area contributed by atoms with Crippen molar-refractivity contribution in [1.82, 2.24) is 25.4 Å². The van der Waals surface area contributed by atoms with Gasteiger partial charge in [0.15, 0.2) is 0 Å². The fraction of sp³-hybridized carbons (Fsp3) is 0.0851. The largest absolute Gasteiger partial charge is 0.281 e. The van der Waals surface area contributed by atoms with E-state index in [2.05, 4.69) is 85.4 Å². The van der Waals surface area contributed by atoms with E-state index in [-0.39, 0.29) is 11.6 Å². The van der Waals surface area contributed by atoms with Crippen LogP contribution in [-0.2, 0) is 23.7 Å². The van der Waals surface area contributed by atoms with Gasteiger partial charge in [-0.2, -0.15) is 10.2 Å². The summed E-state index contributed by atoms with van der Waals surface area (Å²) in [4.78, 5) is 5.23. The van der Waals surface area contributed by atoms with Crippen LogP contribution in [-0.4, -0.2) is 25.4 Å². The third kappa shape index (κ3) is 6.34. The molecule has 0 aliphatic heterocycles. The quantitative estimate of drug-likeness (QED) is 0.178. The molecule has 0 radical (unpaired) electrons. The molecule has 8 heteroatoms. The Morgan fingerprint density at radius 3 is 1.55 bits per heavy atom. The molecule has 4 aromatic heterocycles. The SMILES string of the molecule is Fc1cccc(C2(c3ccccc3)C=Cc3c(-c4cccs4)n[nH]c3C2)c1.Fc1cccc(C2(c3ccccc3)C=Cc3c(-c4ccncc4)n[nH]c3C2)c1. The average molecular weight is 740 g/mol. The maximum absolute atomic E-state index is 14.1. The number of thiophene rings is 1. The molecule has 2 atom stereocenters. The second-order valence-electron chi connectivity index (χ2n) is 13.9. The maximum atomic E-state index is 14.1. The van der Waals surface area contributed by atoms with E-state index in [4.69, 9.17) is 0 Å². The summed E-state index contributed by atoms with van der Waals surface area (Å²) < 4.78 is 28.1. The minimum absolute atomic E-state index is 0.217. The Hall–Kier alpha value is -6.51. The summed E-state index contributed by atoms with van der Waals surface area (Å²) in [7, 11) is 0. The van der Waals surface area contributed by atoms with Gasteiger partial charge in [0.25, 0.3) is 0 Å². The molecule has 4 heterocycles. The number of H-pyrrole nitrogens is 2. The highest BCUT2D eigenvalue weighted by molar-refractivity contribution is 7.13. The number of nitrogens with one attached hydrogen (secondary N) is 2. The monoisotopic (exact) mass is 739 g/mol. The molecule has 0 fully saturated rings. The van der Waals surface area contributed by atoms with Crippen LogP contribution in [0.5, 0.6) is 0 Å². The molecule has 0 amide bonds. The van der Waals surface area contributed by atoms with Gasteiger partial charge in [0.2, 0.25) is 0 Å². The Kier molecular flexibility index (Phi) is 8.96. The van der Waals surface area contributed by atoms with Gasteiger partial charge in [-0.3, -0.25) is 15.2 Å². The van der Waals surface area contributed by atoms with Crippen LogP contribution in [0.4, 0.5) is 8.78 Å². The molecule has 5 nitrogen and oxygen atoms in total. The molecule has 268 valence electrons. The molecule has 55 heavy (non-hydrogen) atoms. The van der Waals surface area contributed by atoms with Crippen molar-refractivity contribution in [3.05, 3.63) is 220 Å². The van der Waals surface area contributed by atoms with Gasteiger partial charge >= 0.3 is 0 Å². The molecular weight excluding hydrogens is 705 g/mol. The van der Waals surface area contributed by atoms with Crippen LogP contribution in [0.3, 0.4) is 0 Å². The lowest BCUT2D eigenvalue weighted by atomic mass is 9.68. The number of allylic oxidation sites excluding steroid dienone is 2. The zero-order valence-electron chi connectivity index (χ0n) is 29.7. The van der Waals surface area contributed by atoms with Crippen molar-refractivity contribution in [2.75, 3.05) is 0 Å². The molecule has 8 aromatic rings. The van der Waals surface area contributed by atoms with E-state index in [0.29, 0.717) is 12.8 Å². The van der Waals surface area contributed by atoms with Crippen molar-refractivity contribution in [3.8, 4) is 21.8 Å². The van der Waals surface area contributed by atoms with Crippen LogP contribution in [0.1, 0.15) is 44.8 Å². The molecule has 2 aliphatic rings. The fourth-order valence-corrected chi connectivity index (χ4v) is 8.72. The van der Waals surface area contributed by atoms with Crippen molar-refractivity contribution in [3.63, 3.8) is 0 Å². The minimum Gasteiger partial charge on any atom is -0.281 e. The predicted octanol–water partition coefficient (Wildman–Crippen LogP) is 11.0. The van der Waals surface area contributed by atoms with E-state index in [1.807, 2.05) is 66.7 Å². The van der Waals surface area contributed by atoms with Crippen LogP contribution < -0.4 is 0 Å². The van der Waals surface area contributed by atoms with Gasteiger partial charge in [0, 0.05) is 64.1 Å². The number of halogens is 2. The van der Waals surface area contributed by atoms with E-state index < -0.39 is 10.8 Å². The molecule has 2 unspecified atom stereocenters. The van der Waals surface area contributed by atoms with Crippen LogP contribution >= 0.6 is 11.3 Å². The van der Waals surface area contributed by atoms with Crippen LogP contribution in [0.15, 0.2) is 163 Å². The van der Waals surface area contributed by atoms with Crippen LogP contribution in [0.25, 0.3) is 34.0 Å². The standard InChI is InChI=1S/C24H18FN3.C23H17FN2S/c25-20-8-4-7-19(15-20)24(18-5-2-1-3-6-18)12-9-21-22(16-24)27-28-23(21)17-10-13-26-14-11-17;24-18-9-4-8-17(14-18)23(16-6-2-1-3-7-16)12-11-19-20(15-23)25-26-22(19)21-10-5-13-27-21/h1-15H,16H2,(H,27,28);1-14H,15H2,(H,25,26). The third-order valence-corrected chi connectivity index (χ3v) is 11.6. The molecule has 0 saturated heterocycles. The molecular formula is C47H35F2N5S. The first kappa shape index (κ1) is 34.3. The van der Waals surface area contributed by atoms with Crippen LogP contribution in [0, 0.1) is 11.6 Å². The number of benzene rings is 4. The van der Waals surface area contributed by atoms with Crippen LogP contribution in [0.2, 0.25) is 0 Å².